The molecule has 0 aliphatic rings. The first-order valence-corrected chi connectivity index (χ1v) is 11.2. The summed E-state index contributed by atoms with van der Waals surface area (Å²) in [4.78, 5) is 28.7. The molecule has 1 aromatic carbocycles. The number of nitrogens with zero attached hydrogens (tertiary/aromatic N) is 6. The largest absolute Gasteiger partial charge is 0.370 e. The zero-order chi connectivity index (χ0) is 21.3. The Morgan fingerprint density at radius 1 is 1.13 bits per heavy atom. The molecule has 2 aromatic heterocycles. The Bertz CT molecular complexity index is 1050. The Labute approximate surface area is 179 Å². The predicted octanol–water partition coefficient (Wildman–Crippen LogP) is 2.52. The SMILES string of the molecule is CCCCn1nnnc1CSc1nc2ccccc2c(=O)n1CCCCCC(N)=O. The average Bonchev–Trinajstić information content (AvgIpc) is 3.19. The topological polar surface area (TPSA) is 122 Å². The van der Waals surface area contributed by atoms with Gasteiger partial charge >= 0.3 is 0 Å². The van der Waals surface area contributed by atoms with Gasteiger partial charge in [0.25, 0.3) is 5.56 Å². The lowest BCUT2D eigenvalue weighted by molar-refractivity contribution is -0.118. The molecule has 0 fully saturated rings. The molecule has 0 unspecified atom stereocenters. The molecular formula is C20H27N7O2S. The van der Waals surface area contributed by atoms with Gasteiger partial charge in [0.05, 0.1) is 16.7 Å². The van der Waals surface area contributed by atoms with E-state index in [1.807, 2.05) is 22.9 Å². The number of fused-ring (bicyclic) bond motifs is 1. The van der Waals surface area contributed by atoms with Crippen LogP contribution in [0, 0.1) is 0 Å². The van der Waals surface area contributed by atoms with Crippen molar-refractivity contribution in [3.8, 4) is 0 Å². The number of primary amides is 1. The van der Waals surface area contributed by atoms with Crippen LogP contribution in [0.15, 0.2) is 34.2 Å². The van der Waals surface area contributed by atoms with Crippen molar-refractivity contribution in [2.24, 2.45) is 5.73 Å². The lowest BCUT2D eigenvalue weighted by Crippen LogP contribution is -2.23. The van der Waals surface area contributed by atoms with Gasteiger partial charge in [-0.05, 0) is 41.8 Å². The van der Waals surface area contributed by atoms with Crippen molar-refractivity contribution < 1.29 is 4.79 Å². The van der Waals surface area contributed by atoms with Crippen LogP contribution in [0.1, 0.15) is 51.3 Å². The number of amides is 1. The van der Waals surface area contributed by atoms with Crippen LogP contribution in [0.5, 0.6) is 0 Å². The minimum absolute atomic E-state index is 0.0522. The number of nitrogens with two attached hydrogens (primary N) is 1. The van der Waals surface area contributed by atoms with Gasteiger partial charge in [0.1, 0.15) is 0 Å². The Morgan fingerprint density at radius 2 is 1.97 bits per heavy atom. The number of rotatable bonds is 12. The summed E-state index contributed by atoms with van der Waals surface area (Å²) >= 11 is 1.46. The van der Waals surface area contributed by atoms with Crippen LogP contribution in [0.2, 0.25) is 0 Å². The van der Waals surface area contributed by atoms with Gasteiger partial charge in [0.2, 0.25) is 5.91 Å². The highest BCUT2D eigenvalue weighted by atomic mass is 32.2. The third kappa shape index (κ3) is 5.65. The number of tetrazole rings is 1. The number of carbonyl (C=O) groups excluding carboxylic acids is 1. The number of hydrogen-bond donors (Lipinski definition) is 1. The summed E-state index contributed by atoms with van der Waals surface area (Å²) in [7, 11) is 0. The van der Waals surface area contributed by atoms with E-state index >= 15 is 0 Å². The van der Waals surface area contributed by atoms with Crippen LogP contribution < -0.4 is 11.3 Å². The third-order valence-corrected chi connectivity index (χ3v) is 5.76. The third-order valence-electron chi connectivity index (χ3n) is 4.79. The second kappa shape index (κ2) is 10.9. The summed E-state index contributed by atoms with van der Waals surface area (Å²) in [5, 5.41) is 13.2. The van der Waals surface area contributed by atoms with E-state index in [-0.39, 0.29) is 11.5 Å². The van der Waals surface area contributed by atoms with Gasteiger partial charge in [-0.2, -0.15) is 0 Å². The van der Waals surface area contributed by atoms with E-state index in [4.69, 9.17) is 10.7 Å². The molecule has 0 bridgehead atoms. The fraction of sp³-hybridized carbons (Fsp3) is 0.500. The summed E-state index contributed by atoms with van der Waals surface area (Å²) in [5.74, 6) is 1.00. The minimum atomic E-state index is -0.295. The number of benzene rings is 1. The van der Waals surface area contributed by atoms with Crippen molar-refractivity contribution in [2.75, 3.05) is 0 Å². The standard InChI is InChI=1S/C20H27N7O2S/c1-2-3-13-27-18(23-24-25-27)14-30-20-22-16-10-7-6-9-15(16)19(29)26(20)12-8-4-5-11-17(21)28/h6-7,9-10H,2-5,8,11-14H2,1H3,(H2,21,28). The number of unbranched alkanes of at least 4 members (excludes halogenated alkanes) is 3. The lowest BCUT2D eigenvalue weighted by Gasteiger charge is -2.13. The quantitative estimate of drug-likeness (QED) is 0.267. The molecule has 0 aliphatic heterocycles. The van der Waals surface area contributed by atoms with Gasteiger partial charge in [-0.3, -0.25) is 14.2 Å². The zero-order valence-electron chi connectivity index (χ0n) is 17.2. The molecule has 160 valence electrons. The van der Waals surface area contributed by atoms with E-state index in [0.717, 1.165) is 44.5 Å². The average molecular weight is 430 g/mol. The second-order valence-electron chi connectivity index (χ2n) is 7.11. The highest BCUT2D eigenvalue weighted by Gasteiger charge is 2.14. The summed E-state index contributed by atoms with van der Waals surface area (Å²) in [6.07, 6.45) is 4.75. The highest BCUT2D eigenvalue weighted by Crippen LogP contribution is 2.22. The van der Waals surface area contributed by atoms with Crippen LogP contribution >= 0.6 is 11.8 Å². The molecule has 2 N–H and O–H groups in total. The van der Waals surface area contributed by atoms with Gasteiger partial charge in [-0.25, -0.2) is 9.67 Å². The lowest BCUT2D eigenvalue weighted by atomic mass is 10.2. The molecule has 0 atom stereocenters. The van der Waals surface area contributed by atoms with Crippen LogP contribution in [-0.4, -0.2) is 35.7 Å². The molecule has 0 saturated carbocycles. The molecule has 2 heterocycles. The van der Waals surface area contributed by atoms with Crippen LogP contribution in [0.25, 0.3) is 10.9 Å². The van der Waals surface area contributed by atoms with Crippen molar-refractivity contribution in [3.05, 3.63) is 40.4 Å². The Hall–Kier alpha value is -2.75. The summed E-state index contributed by atoms with van der Waals surface area (Å²) < 4.78 is 3.53. The van der Waals surface area contributed by atoms with Gasteiger partial charge in [-0.1, -0.05) is 43.7 Å². The van der Waals surface area contributed by atoms with E-state index in [1.54, 1.807) is 10.6 Å². The molecule has 1 amide bonds. The number of aromatic nitrogens is 6. The minimum Gasteiger partial charge on any atom is -0.370 e. The fourth-order valence-electron chi connectivity index (χ4n) is 3.14. The van der Waals surface area contributed by atoms with Gasteiger partial charge in [0, 0.05) is 19.5 Å². The molecule has 9 nitrogen and oxygen atoms in total. The highest BCUT2D eigenvalue weighted by molar-refractivity contribution is 7.98. The Balaban J connectivity index is 1.78. The monoisotopic (exact) mass is 429 g/mol. The normalized spacial score (nSPS) is 11.2. The Morgan fingerprint density at radius 3 is 2.77 bits per heavy atom. The van der Waals surface area contributed by atoms with E-state index in [2.05, 4.69) is 22.4 Å². The van der Waals surface area contributed by atoms with Crippen molar-refractivity contribution in [3.63, 3.8) is 0 Å². The van der Waals surface area contributed by atoms with Gasteiger partial charge in [0.15, 0.2) is 11.0 Å². The number of aryl methyl sites for hydroxylation is 1. The number of thioether (sulfide) groups is 1. The molecule has 3 aromatic rings. The van der Waals surface area contributed by atoms with Crippen molar-refractivity contribution in [1.29, 1.82) is 0 Å². The van der Waals surface area contributed by atoms with E-state index < -0.39 is 0 Å². The predicted molar refractivity (Wildman–Crippen MR) is 116 cm³/mol. The van der Waals surface area contributed by atoms with Crippen LogP contribution in [-0.2, 0) is 23.6 Å². The number of hydrogen-bond acceptors (Lipinski definition) is 7. The van der Waals surface area contributed by atoms with Gasteiger partial charge < -0.3 is 5.73 Å². The van der Waals surface area contributed by atoms with Crippen molar-refractivity contribution in [2.45, 2.75) is 69.4 Å². The van der Waals surface area contributed by atoms with E-state index in [0.29, 0.717) is 34.8 Å². The van der Waals surface area contributed by atoms with Crippen molar-refractivity contribution >= 4 is 28.6 Å². The molecular weight excluding hydrogens is 402 g/mol. The van der Waals surface area contributed by atoms with Crippen LogP contribution in [0.4, 0.5) is 0 Å². The number of para-hydroxylation sites is 1. The molecule has 3 rings (SSSR count). The van der Waals surface area contributed by atoms with Crippen molar-refractivity contribution in [1.82, 2.24) is 29.8 Å². The summed E-state index contributed by atoms with van der Waals surface area (Å²) in [5.41, 5.74) is 5.83. The Kier molecular flexibility index (Phi) is 7.95. The maximum atomic E-state index is 13.1. The smallest absolute Gasteiger partial charge is 0.262 e. The summed E-state index contributed by atoms with van der Waals surface area (Å²) in [6.45, 7) is 3.44. The molecule has 0 aliphatic carbocycles. The van der Waals surface area contributed by atoms with Crippen LogP contribution in [0.3, 0.4) is 0 Å². The fourth-order valence-corrected chi connectivity index (χ4v) is 4.10. The zero-order valence-corrected chi connectivity index (χ0v) is 18.0. The molecule has 30 heavy (non-hydrogen) atoms. The van der Waals surface area contributed by atoms with Gasteiger partial charge in [-0.15, -0.1) is 5.10 Å². The first-order chi connectivity index (χ1) is 14.6. The van der Waals surface area contributed by atoms with E-state index in [9.17, 15) is 9.59 Å². The van der Waals surface area contributed by atoms with E-state index in [1.165, 1.54) is 11.8 Å². The first kappa shape index (κ1) is 21.9. The molecule has 0 spiro atoms. The number of carbonyl (C=O) groups is 1. The molecule has 0 saturated heterocycles. The summed E-state index contributed by atoms with van der Waals surface area (Å²) in [6, 6.07) is 7.37. The second-order valence-corrected chi connectivity index (χ2v) is 8.05. The molecule has 10 heteroatoms. The maximum Gasteiger partial charge on any atom is 0.262 e. The maximum absolute atomic E-state index is 13.1. The first-order valence-electron chi connectivity index (χ1n) is 10.3. The molecule has 0 radical (unpaired) electrons.